The molecule has 0 bridgehead atoms. The standard InChI is InChI=1S/C17H19NO2/c1-12-7-13(2)9-16(8-12)18-17(19)15-6-4-5-14(10-15)11-20-3/h4-10H,11H2,1-3H3,(H,18,19). The minimum atomic E-state index is -0.104. The summed E-state index contributed by atoms with van der Waals surface area (Å²) < 4.78 is 5.08. The fourth-order valence-corrected chi connectivity index (χ4v) is 2.22. The normalized spacial score (nSPS) is 10.3. The zero-order valence-electron chi connectivity index (χ0n) is 12.1. The molecule has 1 amide bonds. The van der Waals surface area contributed by atoms with Gasteiger partial charge >= 0.3 is 0 Å². The van der Waals surface area contributed by atoms with Gasteiger partial charge in [-0.3, -0.25) is 4.79 Å². The average Bonchev–Trinajstić information content (AvgIpc) is 2.38. The zero-order valence-corrected chi connectivity index (χ0v) is 12.1. The van der Waals surface area contributed by atoms with Crippen molar-refractivity contribution in [1.82, 2.24) is 0 Å². The first-order chi connectivity index (χ1) is 9.58. The molecule has 0 aromatic heterocycles. The van der Waals surface area contributed by atoms with Crippen LogP contribution in [0.25, 0.3) is 0 Å². The van der Waals surface area contributed by atoms with Gasteiger partial charge in [-0.25, -0.2) is 0 Å². The molecule has 0 aliphatic rings. The van der Waals surface area contributed by atoms with E-state index in [9.17, 15) is 4.79 Å². The van der Waals surface area contributed by atoms with Crippen LogP contribution >= 0.6 is 0 Å². The molecular formula is C17H19NO2. The Balaban J connectivity index is 2.17. The number of hydrogen-bond acceptors (Lipinski definition) is 2. The first-order valence-corrected chi connectivity index (χ1v) is 6.56. The summed E-state index contributed by atoms with van der Waals surface area (Å²) in [6.45, 7) is 4.54. The van der Waals surface area contributed by atoms with Gasteiger partial charge in [0.05, 0.1) is 6.61 Å². The molecule has 0 fully saturated rings. The molecule has 2 rings (SSSR count). The highest BCUT2D eigenvalue weighted by Gasteiger charge is 2.07. The lowest BCUT2D eigenvalue weighted by Crippen LogP contribution is -2.12. The number of rotatable bonds is 4. The van der Waals surface area contributed by atoms with E-state index >= 15 is 0 Å². The van der Waals surface area contributed by atoms with Gasteiger partial charge in [0.1, 0.15) is 0 Å². The van der Waals surface area contributed by atoms with Gasteiger partial charge in [-0.05, 0) is 54.8 Å². The van der Waals surface area contributed by atoms with Crippen LogP contribution in [0.5, 0.6) is 0 Å². The predicted molar refractivity (Wildman–Crippen MR) is 81.0 cm³/mol. The molecule has 0 saturated carbocycles. The molecule has 2 aromatic carbocycles. The smallest absolute Gasteiger partial charge is 0.255 e. The number of aryl methyl sites for hydroxylation is 2. The molecule has 0 aliphatic heterocycles. The van der Waals surface area contributed by atoms with Gasteiger partial charge in [0, 0.05) is 18.4 Å². The third-order valence-electron chi connectivity index (χ3n) is 2.98. The molecule has 0 spiro atoms. The second-order valence-electron chi connectivity index (χ2n) is 4.96. The lowest BCUT2D eigenvalue weighted by atomic mass is 10.1. The fourth-order valence-electron chi connectivity index (χ4n) is 2.22. The molecule has 0 radical (unpaired) electrons. The Morgan fingerprint density at radius 1 is 1.10 bits per heavy atom. The summed E-state index contributed by atoms with van der Waals surface area (Å²) in [6.07, 6.45) is 0. The number of benzene rings is 2. The van der Waals surface area contributed by atoms with E-state index in [1.807, 2.05) is 44.2 Å². The van der Waals surface area contributed by atoms with E-state index in [4.69, 9.17) is 4.74 Å². The van der Waals surface area contributed by atoms with Gasteiger partial charge in [-0.1, -0.05) is 18.2 Å². The van der Waals surface area contributed by atoms with Gasteiger partial charge in [0.15, 0.2) is 0 Å². The molecule has 0 aliphatic carbocycles. The summed E-state index contributed by atoms with van der Waals surface area (Å²) in [5.41, 5.74) is 4.71. The summed E-state index contributed by atoms with van der Waals surface area (Å²) in [4.78, 5) is 12.2. The largest absolute Gasteiger partial charge is 0.380 e. The monoisotopic (exact) mass is 269 g/mol. The number of anilines is 1. The number of hydrogen-bond donors (Lipinski definition) is 1. The zero-order chi connectivity index (χ0) is 14.5. The minimum absolute atomic E-state index is 0.104. The number of methoxy groups -OCH3 is 1. The van der Waals surface area contributed by atoms with Crippen LogP contribution in [-0.4, -0.2) is 13.0 Å². The van der Waals surface area contributed by atoms with Crippen molar-refractivity contribution in [2.24, 2.45) is 0 Å². The van der Waals surface area contributed by atoms with Gasteiger partial charge < -0.3 is 10.1 Å². The van der Waals surface area contributed by atoms with Crippen molar-refractivity contribution >= 4 is 11.6 Å². The number of ether oxygens (including phenoxy) is 1. The number of amides is 1. The highest BCUT2D eigenvalue weighted by Crippen LogP contribution is 2.15. The lowest BCUT2D eigenvalue weighted by molar-refractivity contribution is 0.102. The molecule has 0 unspecified atom stereocenters. The molecule has 0 heterocycles. The Morgan fingerprint density at radius 2 is 1.80 bits per heavy atom. The van der Waals surface area contributed by atoms with E-state index in [0.29, 0.717) is 12.2 Å². The van der Waals surface area contributed by atoms with E-state index in [1.165, 1.54) is 0 Å². The maximum absolute atomic E-state index is 12.2. The van der Waals surface area contributed by atoms with Gasteiger partial charge in [0.25, 0.3) is 5.91 Å². The summed E-state index contributed by atoms with van der Waals surface area (Å²) in [6, 6.07) is 13.5. The van der Waals surface area contributed by atoms with Crippen LogP contribution in [0.4, 0.5) is 5.69 Å². The van der Waals surface area contributed by atoms with E-state index in [2.05, 4.69) is 11.4 Å². The fraction of sp³-hybridized carbons (Fsp3) is 0.235. The van der Waals surface area contributed by atoms with Crippen LogP contribution in [0.3, 0.4) is 0 Å². The van der Waals surface area contributed by atoms with Crippen LogP contribution < -0.4 is 5.32 Å². The van der Waals surface area contributed by atoms with Crippen LogP contribution in [-0.2, 0) is 11.3 Å². The molecule has 3 heteroatoms. The molecule has 2 aromatic rings. The van der Waals surface area contributed by atoms with Crippen molar-refractivity contribution in [2.45, 2.75) is 20.5 Å². The van der Waals surface area contributed by atoms with E-state index < -0.39 is 0 Å². The molecule has 104 valence electrons. The average molecular weight is 269 g/mol. The molecule has 3 nitrogen and oxygen atoms in total. The van der Waals surface area contributed by atoms with Crippen molar-refractivity contribution in [3.05, 3.63) is 64.7 Å². The lowest BCUT2D eigenvalue weighted by Gasteiger charge is -2.08. The second kappa shape index (κ2) is 6.35. The van der Waals surface area contributed by atoms with Crippen LogP contribution in [0, 0.1) is 13.8 Å². The highest BCUT2D eigenvalue weighted by atomic mass is 16.5. The molecule has 0 atom stereocenters. The first-order valence-electron chi connectivity index (χ1n) is 6.56. The van der Waals surface area contributed by atoms with Gasteiger partial charge in [-0.2, -0.15) is 0 Å². The third kappa shape index (κ3) is 3.68. The molecule has 20 heavy (non-hydrogen) atoms. The maximum Gasteiger partial charge on any atom is 0.255 e. The van der Waals surface area contributed by atoms with Crippen LogP contribution in [0.1, 0.15) is 27.0 Å². The molecule has 1 N–H and O–H groups in total. The number of nitrogens with one attached hydrogen (secondary N) is 1. The van der Waals surface area contributed by atoms with Gasteiger partial charge in [0.2, 0.25) is 0 Å². The van der Waals surface area contributed by atoms with E-state index in [1.54, 1.807) is 13.2 Å². The topological polar surface area (TPSA) is 38.3 Å². The summed E-state index contributed by atoms with van der Waals surface area (Å²) in [5, 5.41) is 2.93. The van der Waals surface area contributed by atoms with E-state index in [-0.39, 0.29) is 5.91 Å². The first kappa shape index (κ1) is 14.3. The molecular weight excluding hydrogens is 250 g/mol. The van der Waals surface area contributed by atoms with E-state index in [0.717, 1.165) is 22.4 Å². The van der Waals surface area contributed by atoms with Crippen LogP contribution in [0.2, 0.25) is 0 Å². The van der Waals surface area contributed by atoms with Crippen molar-refractivity contribution in [1.29, 1.82) is 0 Å². The van der Waals surface area contributed by atoms with Crippen molar-refractivity contribution < 1.29 is 9.53 Å². The van der Waals surface area contributed by atoms with Crippen molar-refractivity contribution in [3.8, 4) is 0 Å². The Labute approximate surface area is 119 Å². The maximum atomic E-state index is 12.2. The molecule has 0 saturated heterocycles. The Morgan fingerprint density at radius 3 is 2.45 bits per heavy atom. The minimum Gasteiger partial charge on any atom is -0.380 e. The second-order valence-corrected chi connectivity index (χ2v) is 4.96. The summed E-state index contributed by atoms with van der Waals surface area (Å²) >= 11 is 0. The Bertz CT molecular complexity index is 600. The number of carbonyl (C=O) groups excluding carboxylic acids is 1. The quantitative estimate of drug-likeness (QED) is 0.919. The van der Waals surface area contributed by atoms with Gasteiger partial charge in [-0.15, -0.1) is 0 Å². The van der Waals surface area contributed by atoms with Crippen molar-refractivity contribution in [2.75, 3.05) is 12.4 Å². The van der Waals surface area contributed by atoms with Crippen molar-refractivity contribution in [3.63, 3.8) is 0 Å². The number of carbonyl (C=O) groups is 1. The Kier molecular flexibility index (Phi) is 4.53. The SMILES string of the molecule is COCc1cccc(C(=O)Nc2cc(C)cc(C)c2)c1. The third-order valence-corrected chi connectivity index (χ3v) is 2.98. The predicted octanol–water partition coefficient (Wildman–Crippen LogP) is 3.70. The van der Waals surface area contributed by atoms with Crippen LogP contribution in [0.15, 0.2) is 42.5 Å². The highest BCUT2D eigenvalue weighted by molar-refractivity contribution is 6.04. The Hall–Kier alpha value is -2.13. The summed E-state index contributed by atoms with van der Waals surface area (Å²) in [7, 11) is 1.64. The summed E-state index contributed by atoms with van der Waals surface area (Å²) in [5.74, 6) is -0.104.